The summed E-state index contributed by atoms with van der Waals surface area (Å²) < 4.78 is 28.4. The highest BCUT2D eigenvalue weighted by Gasteiger charge is 2.18. The predicted octanol–water partition coefficient (Wildman–Crippen LogP) is 4.35. The topological polar surface area (TPSA) is 85.1 Å². The second-order valence-corrected chi connectivity index (χ2v) is 8.83. The van der Waals surface area contributed by atoms with Gasteiger partial charge in [0.2, 0.25) is 11.1 Å². The van der Waals surface area contributed by atoms with E-state index in [4.69, 9.17) is 0 Å². The smallest absolute Gasteiger partial charge is 0.253 e. The third kappa shape index (κ3) is 4.15. The number of nitrogens with one attached hydrogen (secondary N) is 1. The Morgan fingerprint density at radius 2 is 1.94 bits per heavy atom. The first-order valence-electron chi connectivity index (χ1n) is 9.26. The quantitative estimate of drug-likeness (QED) is 0.446. The summed E-state index contributed by atoms with van der Waals surface area (Å²) >= 11 is 2.69. The van der Waals surface area contributed by atoms with E-state index in [-0.39, 0.29) is 12.3 Å². The number of aryl methyl sites for hydroxylation is 3. The van der Waals surface area contributed by atoms with Crippen LogP contribution in [0.25, 0.3) is 17.0 Å². The van der Waals surface area contributed by atoms with Gasteiger partial charge in [0.05, 0.1) is 12.1 Å². The number of nitrogens with zero attached hydrogens (tertiary/aromatic N) is 5. The van der Waals surface area contributed by atoms with E-state index in [0.29, 0.717) is 33.0 Å². The Labute approximate surface area is 185 Å². The Morgan fingerprint density at radius 1 is 1.16 bits per heavy atom. The molecule has 0 bridgehead atoms. The van der Waals surface area contributed by atoms with Crippen molar-refractivity contribution in [3.8, 4) is 11.3 Å². The molecule has 0 aliphatic heterocycles. The molecule has 0 aliphatic carbocycles. The number of halogens is 2. The van der Waals surface area contributed by atoms with Gasteiger partial charge in [-0.25, -0.2) is 23.3 Å². The summed E-state index contributed by atoms with van der Waals surface area (Å²) in [6.45, 7) is 5.51. The molecule has 0 radical (unpaired) electrons. The zero-order valence-electron chi connectivity index (χ0n) is 17.2. The van der Waals surface area contributed by atoms with Crippen molar-refractivity contribution in [1.82, 2.24) is 24.6 Å². The predicted molar refractivity (Wildman–Crippen MR) is 117 cm³/mol. The van der Waals surface area contributed by atoms with E-state index in [1.165, 1.54) is 29.2 Å². The molecule has 3 heterocycles. The Balaban J connectivity index is 1.56. The first-order chi connectivity index (χ1) is 14.8. The highest BCUT2D eigenvalue weighted by Crippen LogP contribution is 2.31. The van der Waals surface area contributed by atoms with Gasteiger partial charge in [0.1, 0.15) is 0 Å². The molecule has 3 aromatic heterocycles. The first-order valence-corrected chi connectivity index (χ1v) is 11.3. The molecule has 4 rings (SSSR count). The number of carbonyl (C=O) groups excluding carboxylic acids is 1. The standard InChI is InChI=1S/C20H18F2N6OS2/c1-9-13(10(2)28-18(23-9)26-20(27-28)30-4)8-16(29)24-19-25-17(11(3)31-19)12-5-6-14(21)15(22)7-12/h5-7H,8H2,1-4H3,(H,24,25,29). The van der Waals surface area contributed by atoms with Gasteiger partial charge in [0, 0.05) is 27.4 Å². The van der Waals surface area contributed by atoms with Crippen molar-refractivity contribution in [3.05, 3.63) is 51.7 Å². The lowest BCUT2D eigenvalue weighted by Gasteiger charge is -2.09. The van der Waals surface area contributed by atoms with Gasteiger partial charge < -0.3 is 5.32 Å². The van der Waals surface area contributed by atoms with E-state index in [9.17, 15) is 13.6 Å². The number of thioether (sulfide) groups is 1. The molecule has 1 N–H and O–H groups in total. The van der Waals surface area contributed by atoms with Crippen LogP contribution in [-0.2, 0) is 11.2 Å². The van der Waals surface area contributed by atoms with Crippen molar-refractivity contribution in [2.75, 3.05) is 11.6 Å². The van der Waals surface area contributed by atoms with Crippen molar-refractivity contribution in [2.24, 2.45) is 0 Å². The molecule has 0 atom stereocenters. The van der Waals surface area contributed by atoms with Crippen molar-refractivity contribution >= 4 is 39.9 Å². The number of hydrogen-bond donors (Lipinski definition) is 1. The summed E-state index contributed by atoms with van der Waals surface area (Å²) in [6, 6.07) is 3.61. The van der Waals surface area contributed by atoms with Crippen molar-refractivity contribution < 1.29 is 13.6 Å². The van der Waals surface area contributed by atoms with Crippen LogP contribution in [0.5, 0.6) is 0 Å². The number of aromatic nitrogens is 5. The summed E-state index contributed by atoms with van der Waals surface area (Å²) in [5, 5.41) is 8.18. The molecule has 0 aliphatic rings. The van der Waals surface area contributed by atoms with Gasteiger partial charge in [-0.15, -0.1) is 16.4 Å². The highest BCUT2D eigenvalue weighted by molar-refractivity contribution is 7.98. The summed E-state index contributed by atoms with van der Waals surface area (Å²) in [6.07, 6.45) is 1.98. The molecule has 0 fully saturated rings. The van der Waals surface area contributed by atoms with E-state index in [1.807, 2.05) is 27.0 Å². The lowest BCUT2D eigenvalue weighted by molar-refractivity contribution is -0.115. The number of fused-ring (bicyclic) bond motifs is 1. The molecule has 7 nitrogen and oxygen atoms in total. The Morgan fingerprint density at radius 3 is 2.65 bits per heavy atom. The summed E-state index contributed by atoms with van der Waals surface area (Å²) in [5.41, 5.74) is 3.21. The summed E-state index contributed by atoms with van der Waals surface area (Å²) in [5.74, 6) is -1.63. The van der Waals surface area contributed by atoms with Crippen LogP contribution < -0.4 is 5.32 Å². The number of carbonyl (C=O) groups is 1. The molecular weight excluding hydrogens is 442 g/mol. The van der Waals surface area contributed by atoms with Gasteiger partial charge in [0.15, 0.2) is 16.8 Å². The summed E-state index contributed by atoms with van der Waals surface area (Å²) in [7, 11) is 0. The van der Waals surface area contributed by atoms with Gasteiger partial charge in [0.25, 0.3) is 5.78 Å². The lowest BCUT2D eigenvalue weighted by atomic mass is 10.1. The van der Waals surface area contributed by atoms with Crippen LogP contribution in [0.2, 0.25) is 0 Å². The second-order valence-electron chi connectivity index (χ2n) is 6.85. The minimum atomic E-state index is -0.943. The molecule has 160 valence electrons. The van der Waals surface area contributed by atoms with Gasteiger partial charge in [-0.3, -0.25) is 4.79 Å². The van der Waals surface area contributed by atoms with Crippen molar-refractivity contribution in [3.63, 3.8) is 0 Å². The molecule has 11 heteroatoms. The fourth-order valence-corrected chi connectivity index (χ4v) is 4.41. The highest BCUT2D eigenvalue weighted by atomic mass is 32.2. The van der Waals surface area contributed by atoms with E-state index in [0.717, 1.165) is 28.3 Å². The summed E-state index contributed by atoms with van der Waals surface area (Å²) in [4.78, 5) is 26.7. The maximum atomic E-state index is 13.6. The molecule has 4 aromatic rings. The van der Waals surface area contributed by atoms with Crippen LogP contribution in [0, 0.1) is 32.4 Å². The normalized spacial score (nSPS) is 11.3. The van der Waals surface area contributed by atoms with Gasteiger partial charge in [-0.1, -0.05) is 11.8 Å². The van der Waals surface area contributed by atoms with Gasteiger partial charge in [-0.2, -0.15) is 4.98 Å². The minimum Gasteiger partial charge on any atom is -0.302 e. The van der Waals surface area contributed by atoms with E-state index >= 15 is 0 Å². The van der Waals surface area contributed by atoms with Gasteiger partial charge in [-0.05, 0) is 45.2 Å². The maximum Gasteiger partial charge on any atom is 0.253 e. The third-order valence-corrected chi connectivity index (χ3v) is 6.21. The molecular formula is C20H18F2N6OS2. The SMILES string of the molecule is CSc1nc2nc(C)c(CC(=O)Nc3nc(-c4ccc(F)c(F)c4)c(C)s3)c(C)n2n1. The average Bonchev–Trinajstić information content (AvgIpc) is 3.30. The van der Waals surface area contributed by atoms with Crippen LogP contribution in [0.3, 0.4) is 0 Å². The Bertz CT molecular complexity index is 1320. The van der Waals surface area contributed by atoms with E-state index in [2.05, 4.69) is 25.4 Å². The average molecular weight is 461 g/mol. The number of amides is 1. The third-order valence-electron chi connectivity index (χ3n) is 4.79. The number of rotatable bonds is 5. The number of anilines is 1. The first kappa shape index (κ1) is 21.3. The maximum absolute atomic E-state index is 13.6. The number of thiazole rings is 1. The van der Waals surface area contributed by atoms with E-state index in [1.54, 1.807) is 4.52 Å². The molecule has 0 saturated carbocycles. The molecule has 0 spiro atoms. The number of hydrogen-bond acceptors (Lipinski definition) is 7. The molecule has 0 saturated heterocycles. The zero-order chi connectivity index (χ0) is 22.3. The molecule has 1 amide bonds. The Hall–Kier alpha value is -2.92. The fourth-order valence-electron chi connectivity index (χ4n) is 3.22. The minimum absolute atomic E-state index is 0.0915. The van der Waals surface area contributed by atoms with Gasteiger partial charge >= 0.3 is 0 Å². The van der Waals surface area contributed by atoms with Crippen LogP contribution >= 0.6 is 23.1 Å². The van der Waals surface area contributed by atoms with E-state index < -0.39 is 11.6 Å². The van der Waals surface area contributed by atoms with Crippen LogP contribution in [0.4, 0.5) is 13.9 Å². The fraction of sp³-hybridized carbons (Fsp3) is 0.250. The van der Waals surface area contributed by atoms with Crippen LogP contribution in [-0.4, -0.2) is 36.7 Å². The second kappa shape index (κ2) is 8.31. The Kier molecular flexibility index (Phi) is 5.71. The molecule has 1 aromatic carbocycles. The van der Waals surface area contributed by atoms with Crippen molar-refractivity contribution in [1.29, 1.82) is 0 Å². The largest absolute Gasteiger partial charge is 0.302 e. The lowest BCUT2D eigenvalue weighted by Crippen LogP contribution is -2.17. The monoisotopic (exact) mass is 460 g/mol. The molecule has 31 heavy (non-hydrogen) atoms. The zero-order valence-corrected chi connectivity index (χ0v) is 18.8. The number of benzene rings is 1. The molecule has 0 unspecified atom stereocenters. The van der Waals surface area contributed by atoms with Crippen LogP contribution in [0.15, 0.2) is 23.4 Å². The van der Waals surface area contributed by atoms with Crippen molar-refractivity contribution in [2.45, 2.75) is 32.3 Å². The van der Waals surface area contributed by atoms with Crippen LogP contribution in [0.1, 0.15) is 21.8 Å².